The highest BCUT2D eigenvalue weighted by Gasteiger charge is 2.48. The van der Waals surface area contributed by atoms with E-state index in [4.69, 9.17) is 9.47 Å². The minimum atomic E-state index is -0.788. The molecule has 1 atom stereocenters. The molecule has 2 aliphatic rings. The zero-order valence-corrected chi connectivity index (χ0v) is 7.84. The molecule has 4 heteroatoms. The van der Waals surface area contributed by atoms with Gasteiger partial charge in [0, 0.05) is 6.54 Å². The molecule has 2 aliphatic heterocycles. The average Bonchev–Trinajstić information content (AvgIpc) is 2.54. The van der Waals surface area contributed by atoms with Crippen molar-refractivity contribution < 1.29 is 14.3 Å². The number of nitrogens with one attached hydrogen (secondary N) is 1. The summed E-state index contributed by atoms with van der Waals surface area (Å²) in [6.45, 7) is 3.63. The largest absolute Gasteiger partial charge is 0.334 e. The Labute approximate surface area is 77.6 Å². The van der Waals surface area contributed by atoms with Crippen LogP contribution in [-0.2, 0) is 14.3 Å². The molecule has 2 fully saturated rings. The molecule has 2 saturated heterocycles. The summed E-state index contributed by atoms with van der Waals surface area (Å²) in [5.74, 6) is -0.776. The summed E-state index contributed by atoms with van der Waals surface area (Å²) >= 11 is 0. The highest BCUT2D eigenvalue weighted by molar-refractivity contribution is 5.79. The molecule has 0 aliphatic carbocycles. The Morgan fingerprint density at radius 1 is 1.46 bits per heavy atom. The highest BCUT2D eigenvalue weighted by Crippen LogP contribution is 2.32. The fourth-order valence-electron chi connectivity index (χ4n) is 2.08. The molecule has 74 valence electrons. The Morgan fingerprint density at radius 2 is 2.15 bits per heavy atom. The number of ketones is 1. The van der Waals surface area contributed by atoms with Gasteiger partial charge in [0.1, 0.15) is 5.78 Å². The molecule has 0 aromatic carbocycles. The zero-order chi connectivity index (χ0) is 9.31. The van der Waals surface area contributed by atoms with Crippen molar-refractivity contribution in [3.05, 3.63) is 0 Å². The van der Waals surface area contributed by atoms with Crippen molar-refractivity contribution in [2.75, 3.05) is 19.8 Å². The number of piperidine rings is 1. The van der Waals surface area contributed by atoms with Crippen molar-refractivity contribution in [1.82, 2.24) is 5.32 Å². The quantitative estimate of drug-likeness (QED) is 0.637. The monoisotopic (exact) mass is 185 g/mol. The third-order valence-electron chi connectivity index (χ3n) is 2.71. The van der Waals surface area contributed by atoms with E-state index in [9.17, 15) is 4.79 Å². The molecule has 0 amide bonds. The Hall–Kier alpha value is -0.450. The van der Waals surface area contributed by atoms with E-state index in [1.54, 1.807) is 6.92 Å². The van der Waals surface area contributed by atoms with Gasteiger partial charge in [-0.15, -0.1) is 0 Å². The number of hydrogen-bond donors (Lipinski definition) is 1. The first-order valence-electron chi connectivity index (χ1n) is 4.78. The maximum atomic E-state index is 11.4. The van der Waals surface area contributed by atoms with Crippen molar-refractivity contribution in [1.29, 1.82) is 0 Å². The maximum absolute atomic E-state index is 11.4. The molecule has 0 aromatic heterocycles. The van der Waals surface area contributed by atoms with Gasteiger partial charge in [0.2, 0.25) is 5.91 Å². The standard InChI is InChI=1S/C9H15NO3/c1-7(11)8-3-2-4-10-9(8)12-5-6-13-9/h8,10H,2-6H2,1H3. The Balaban J connectivity index is 2.16. The number of hydrogen-bond acceptors (Lipinski definition) is 4. The van der Waals surface area contributed by atoms with Gasteiger partial charge in [0.15, 0.2) is 0 Å². The number of carbonyl (C=O) groups excluding carboxylic acids is 1. The Morgan fingerprint density at radius 3 is 2.77 bits per heavy atom. The molecule has 0 saturated carbocycles. The highest BCUT2D eigenvalue weighted by atomic mass is 16.8. The molecule has 4 nitrogen and oxygen atoms in total. The fraction of sp³-hybridized carbons (Fsp3) is 0.889. The molecule has 13 heavy (non-hydrogen) atoms. The van der Waals surface area contributed by atoms with Crippen LogP contribution in [0.5, 0.6) is 0 Å². The molecule has 2 heterocycles. The van der Waals surface area contributed by atoms with E-state index < -0.39 is 5.91 Å². The van der Waals surface area contributed by atoms with Gasteiger partial charge in [-0.1, -0.05) is 0 Å². The van der Waals surface area contributed by atoms with Crippen LogP contribution >= 0.6 is 0 Å². The second kappa shape index (κ2) is 3.36. The topological polar surface area (TPSA) is 47.6 Å². The molecular weight excluding hydrogens is 170 g/mol. The summed E-state index contributed by atoms with van der Waals surface area (Å²) in [6.07, 6.45) is 1.88. The molecule has 0 bridgehead atoms. The third-order valence-corrected chi connectivity index (χ3v) is 2.71. The number of rotatable bonds is 1. The second-order valence-electron chi connectivity index (χ2n) is 3.60. The number of ether oxygens (including phenoxy) is 2. The Kier molecular flexibility index (Phi) is 2.36. The molecule has 2 rings (SSSR count). The SMILES string of the molecule is CC(=O)C1CCCNC12OCCO2. The minimum Gasteiger partial charge on any atom is -0.334 e. The fourth-order valence-corrected chi connectivity index (χ4v) is 2.08. The van der Waals surface area contributed by atoms with Crippen molar-refractivity contribution in [3.8, 4) is 0 Å². The third kappa shape index (κ3) is 1.49. The molecule has 0 aromatic rings. The van der Waals surface area contributed by atoms with E-state index >= 15 is 0 Å². The van der Waals surface area contributed by atoms with Gasteiger partial charge in [-0.3, -0.25) is 10.1 Å². The second-order valence-corrected chi connectivity index (χ2v) is 3.60. The smallest absolute Gasteiger partial charge is 0.237 e. The average molecular weight is 185 g/mol. The normalized spacial score (nSPS) is 32.2. The van der Waals surface area contributed by atoms with Gasteiger partial charge in [-0.2, -0.15) is 0 Å². The van der Waals surface area contributed by atoms with Crippen LogP contribution in [0.1, 0.15) is 19.8 Å². The van der Waals surface area contributed by atoms with Crippen LogP contribution in [0, 0.1) is 5.92 Å². The summed E-state index contributed by atoms with van der Waals surface area (Å²) in [5, 5.41) is 3.16. The van der Waals surface area contributed by atoms with E-state index in [0.29, 0.717) is 13.2 Å². The lowest BCUT2D eigenvalue weighted by Crippen LogP contribution is -2.57. The van der Waals surface area contributed by atoms with E-state index in [-0.39, 0.29) is 11.7 Å². The first-order chi connectivity index (χ1) is 6.25. The predicted octanol–water partition coefficient (Wildman–Crippen LogP) is 0.276. The van der Waals surface area contributed by atoms with Gasteiger partial charge >= 0.3 is 0 Å². The first-order valence-corrected chi connectivity index (χ1v) is 4.78. The predicted molar refractivity (Wildman–Crippen MR) is 46.0 cm³/mol. The Bertz CT molecular complexity index is 211. The van der Waals surface area contributed by atoms with Crippen molar-refractivity contribution in [2.24, 2.45) is 5.92 Å². The van der Waals surface area contributed by atoms with Crippen LogP contribution in [0.2, 0.25) is 0 Å². The minimum absolute atomic E-state index is 0.135. The lowest BCUT2D eigenvalue weighted by molar-refractivity contribution is -0.225. The first kappa shape index (κ1) is 9.12. The number of Topliss-reactive ketones (excluding diaryl/α,β-unsaturated/α-hetero) is 1. The van der Waals surface area contributed by atoms with Crippen LogP contribution in [0.3, 0.4) is 0 Å². The maximum Gasteiger partial charge on any atom is 0.237 e. The van der Waals surface area contributed by atoms with Gasteiger partial charge in [0.25, 0.3) is 0 Å². The van der Waals surface area contributed by atoms with Crippen LogP contribution in [-0.4, -0.2) is 31.5 Å². The van der Waals surface area contributed by atoms with Crippen LogP contribution in [0.4, 0.5) is 0 Å². The number of carbonyl (C=O) groups is 1. The van der Waals surface area contributed by atoms with Gasteiger partial charge in [-0.05, 0) is 19.8 Å². The summed E-state index contributed by atoms with van der Waals surface area (Å²) in [7, 11) is 0. The molecule has 1 unspecified atom stereocenters. The summed E-state index contributed by atoms with van der Waals surface area (Å²) < 4.78 is 11.0. The summed E-state index contributed by atoms with van der Waals surface area (Å²) in [6, 6.07) is 0. The van der Waals surface area contributed by atoms with E-state index in [2.05, 4.69) is 5.32 Å². The summed E-state index contributed by atoms with van der Waals surface area (Å²) in [5.41, 5.74) is 0. The lowest BCUT2D eigenvalue weighted by Gasteiger charge is -2.38. The lowest BCUT2D eigenvalue weighted by atomic mass is 9.91. The van der Waals surface area contributed by atoms with Gasteiger partial charge in [-0.25, -0.2) is 0 Å². The molecule has 1 spiro atoms. The van der Waals surface area contributed by atoms with Gasteiger partial charge in [0.05, 0.1) is 19.1 Å². The van der Waals surface area contributed by atoms with E-state index in [0.717, 1.165) is 19.4 Å². The van der Waals surface area contributed by atoms with Gasteiger partial charge < -0.3 is 9.47 Å². The van der Waals surface area contributed by atoms with E-state index in [1.807, 2.05) is 0 Å². The van der Waals surface area contributed by atoms with Crippen LogP contribution in [0.25, 0.3) is 0 Å². The van der Waals surface area contributed by atoms with Crippen LogP contribution < -0.4 is 5.32 Å². The van der Waals surface area contributed by atoms with E-state index in [1.165, 1.54) is 0 Å². The molecule has 0 radical (unpaired) electrons. The molecule has 1 N–H and O–H groups in total. The molecular formula is C9H15NO3. The van der Waals surface area contributed by atoms with Crippen LogP contribution in [0.15, 0.2) is 0 Å². The van der Waals surface area contributed by atoms with Crippen molar-refractivity contribution in [3.63, 3.8) is 0 Å². The van der Waals surface area contributed by atoms with Crippen molar-refractivity contribution in [2.45, 2.75) is 25.7 Å². The van der Waals surface area contributed by atoms with Crippen molar-refractivity contribution >= 4 is 5.78 Å². The summed E-state index contributed by atoms with van der Waals surface area (Å²) in [4.78, 5) is 11.4. The zero-order valence-electron chi connectivity index (χ0n) is 7.84.